The number of aromatic nitrogens is 2. The number of nitrogens with one attached hydrogen (secondary N) is 2. The molecule has 1 aromatic heterocycles. The SMILES string of the molecule is Cc1cccc(C(=O)Nc2ccc3nc(C4CCCO4)[nH]c3c2)c1Cl. The average Bonchev–Trinajstić information content (AvgIpc) is 3.25. The lowest BCUT2D eigenvalue weighted by Gasteiger charge is -2.08. The number of carbonyl (C=O) groups excluding carboxylic acids is 1. The number of fused-ring (bicyclic) bond motifs is 1. The number of imidazole rings is 1. The van der Waals surface area contributed by atoms with E-state index in [0.29, 0.717) is 16.3 Å². The smallest absolute Gasteiger partial charge is 0.257 e. The number of rotatable bonds is 3. The molecular weight excluding hydrogens is 338 g/mol. The summed E-state index contributed by atoms with van der Waals surface area (Å²) in [6.07, 6.45) is 2.08. The van der Waals surface area contributed by atoms with Gasteiger partial charge in [0.15, 0.2) is 0 Å². The second-order valence-electron chi connectivity index (χ2n) is 6.25. The Balaban J connectivity index is 1.59. The van der Waals surface area contributed by atoms with Crippen molar-refractivity contribution in [1.29, 1.82) is 0 Å². The number of nitrogens with zero attached hydrogens (tertiary/aromatic N) is 1. The summed E-state index contributed by atoms with van der Waals surface area (Å²) in [5.41, 5.74) is 3.76. The van der Waals surface area contributed by atoms with Gasteiger partial charge < -0.3 is 15.0 Å². The number of anilines is 1. The molecule has 1 fully saturated rings. The van der Waals surface area contributed by atoms with Gasteiger partial charge in [-0.3, -0.25) is 4.79 Å². The minimum absolute atomic E-state index is 0.0385. The molecule has 1 aliphatic rings. The highest BCUT2D eigenvalue weighted by atomic mass is 35.5. The Hall–Kier alpha value is -2.37. The van der Waals surface area contributed by atoms with E-state index in [4.69, 9.17) is 16.3 Å². The van der Waals surface area contributed by atoms with Crippen molar-refractivity contribution in [3.8, 4) is 0 Å². The first-order chi connectivity index (χ1) is 12.1. The predicted molar refractivity (Wildman–Crippen MR) is 98.2 cm³/mol. The summed E-state index contributed by atoms with van der Waals surface area (Å²) in [6.45, 7) is 2.66. The van der Waals surface area contributed by atoms with Gasteiger partial charge in [-0.25, -0.2) is 4.98 Å². The fourth-order valence-corrected chi connectivity index (χ4v) is 3.29. The number of aryl methyl sites for hydroxylation is 1. The van der Waals surface area contributed by atoms with Gasteiger partial charge in [0.05, 0.1) is 21.6 Å². The second-order valence-corrected chi connectivity index (χ2v) is 6.62. The molecule has 128 valence electrons. The third kappa shape index (κ3) is 3.13. The number of ether oxygens (including phenoxy) is 1. The molecule has 1 aliphatic heterocycles. The van der Waals surface area contributed by atoms with E-state index >= 15 is 0 Å². The maximum atomic E-state index is 12.5. The van der Waals surface area contributed by atoms with Gasteiger partial charge in [-0.2, -0.15) is 0 Å². The molecule has 2 N–H and O–H groups in total. The van der Waals surface area contributed by atoms with Crippen LogP contribution < -0.4 is 5.32 Å². The zero-order valence-electron chi connectivity index (χ0n) is 13.8. The highest BCUT2D eigenvalue weighted by molar-refractivity contribution is 6.35. The average molecular weight is 356 g/mol. The number of hydrogen-bond donors (Lipinski definition) is 2. The van der Waals surface area contributed by atoms with E-state index < -0.39 is 0 Å². The van der Waals surface area contributed by atoms with Crippen LogP contribution in [0.3, 0.4) is 0 Å². The van der Waals surface area contributed by atoms with E-state index in [1.54, 1.807) is 6.07 Å². The molecule has 4 rings (SSSR count). The van der Waals surface area contributed by atoms with E-state index in [0.717, 1.165) is 41.9 Å². The van der Waals surface area contributed by atoms with Crippen LogP contribution in [0.25, 0.3) is 11.0 Å². The van der Waals surface area contributed by atoms with Crippen molar-refractivity contribution < 1.29 is 9.53 Å². The Kier molecular flexibility index (Phi) is 4.19. The summed E-state index contributed by atoms with van der Waals surface area (Å²) in [6, 6.07) is 11.0. The van der Waals surface area contributed by atoms with Crippen LogP contribution in [0.5, 0.6) is 0 Å². The largest absolute Gasteiger partial charge is 0.370 e. The van der Waals surface area contributed by atoms with Gasteiger partial charge in [0.1, 0.15) is 11.9 Å². The highest BCUT2D eigenvalue weighted by Crippen LogP contribution is 2.29. The Bertz CT molecular complexity index is 945. The lowest BCUT2D eigenvalue weighted by molar-refractivity contribution is 0.102. The minimum Gasteiger partial charge on any atom is -0.370 e. The Morgan fingerprint density at radius 2 is 2.24 bits per heavy atom. The number of benzene rings is 2. The summed E-state index contributed by atoms with van der Waals surface area (Å²) in [5.74, 6) is 0.615. The second kappa shape index (κ2) is 6.50. The number of hydrogen-bond acceptors (Lipinski definition) is 3. The molecular formula is C19H18ClN3O2. The number of H-pyrrole nitrogens is 1. The van der Waals surface area contributed by atoms with E-state index in [9.17, 15) is 4.79 Å². The number of halogens is 1. The normalized spacial score (nSPS) is 17.1. The van der Waals surface area contributed by atoms with Gasteiger partial charge >= 0.3 is 0 Å². The van der Waals surface area contributed by atoms with Gasteiger partial charge in [-0.15, -0.1) is 0 Å². The number of aromatic amines is 1. The molecule has 6 heteroatoms. The van der Waals surface area contributed by atoms with E-state index in [-0.39, 0.29) is 12.0 Å². The maximum Gasteiger partial charge on any atom is 0.257 e. The summed E-state index contributed by atoms with van der Waals surface area (Å²) in [4.78, 5) is 20.4. The first kappa shape index (κ1) is 16.1. The van der Waals surface area contributed by atoms with Crippen molar-refractivity contribution in [1.82, 2.24) is 9.97 Å². The lowest BCUT2D eigenvalue weighted by atomic mass is 10.1. The third-order valence-electron chi connectivity index (χ3n) is 4.43. The molecule has 0 bridgehead atoms. The van der Waals surface area contributed by atoms with Crippen molar-refractivity contribution in [2.75, 3.05) is 11.9 Å². The molecule has 2 aromatic carbocycles. The Morgan fingerprint density at radius 3 is 3.04 bits per heavy atom. The summed E-state index contributed by atoms with van der Waals surface area (Å²) in [5, 5.41) is 3.37. The summed E-state index contributed by atoms with van der Waals surface area (Å²) in [7, 11) is 0. The molecule has 0 spiro atoms. The summed E-state index contributed by atoms with van der Waals surface area (Å²) >= 11 is 6.23. The van der Waals surface area contributed by atoms with E-state index in [2.05, 4.69) is 15.3 Å². The standard InChI is InChI=1S/C19H18ClN3O2/c1-11-4-2-5-13(17(11)20)19(24)21-12-7-8-14-15(10-12)23-18(22-14)16-6-3-9-25-16/h2,4-5,7-8,10,16H,3,6,9H2,1H3,(H,21,24)(H,22,23). The molecule has 1 unspecified atom stereocenters. The van der Waals surface area contributed by atoms with Crippen LogP contribution in [0.2, 0.25) is 5.02 Å². The van der Waals surface area contributed by atoms with E-state index in [1.807, 2.05) is 37.3 Å². The molecule has 1 atom stereocenters. The summed E-state index contributed by atoms with van der Waals surface area (Å²) < 4.78 is 5.67. The van der Waals surface area contributed by atoms with E-state index in [1.165, 1.54) is 0 Å². The fraction of sp³-hybridized carbons (Fsp3) is 0.263. The molecule has 5 nitrogen and oxygen atoms in total. The van der Waals surface area contributed by atoms with Crippen LogP contribution in [0.4, 0.5) is 5.69 Å². The van der Waals surface area contributed by atoms with Crippen molar-refractivity contribution in [3.05, 3.63) is 58.4 Å². The zero-order chi connectivity index (χ0) is 17.4. The van der Waals surface area contributed by atoms with Crippen molar-refractivity contribution >= 4 is 34.2 Å². The molecule has 1 amide bonds. The number of amides is 1. The molecule has 3 aromatic rings. The fourth-order valence-electron chi connectivity index (χ4n) is 3.07. The highest BCUT2D eigenvalue weighted by Gasteiger charge is 2.21. The van der Waals surface area contributed by atoms with Crippen molar-refractivity contribution in [2.24, 2.45) is 0 Å². The van der Waals surface area contributed by atoms with Gasteiger partial charge in [-0.1, -0.05) is 23.7 Å². The predicted octanol–water partition coefficient (Wildman–Crippen LogP) is 4.63. The van der Waals surface area contributed by atoms with Crippen LogP contribution >= 0.6 is 11.6 Å². The molecule has 0 radical (unpaired) electrons. The number of carbonyl (C=O) groups is 1. The molecule has 1 saturated heterocycles. The lowest BCUT2D eigenvalue weighted by Crippen LogP contribution is -2.12. The van der Waals surface area contributed by atoms with Gasteiger partial charge in [0, 0.05) is 12.3 Å². The molecule has 25 heavy (non-hydrogen) atoms. The quantitative estimate of drug-likeness (QED) is 0.719. The first-order valence-electron chi connectivity index (χ1n) is 8.29. The van der Waals surface area contributed by atoms with Gasteiger partial charge in [0.2, 0.25) is 0 Å². The monoisotopic (exact) mass is 355 g/mol. The van der Waals surface area contributed by atoms with Gasteiger partial charge in [-0.05, 0) is 49.6 Å². The Labute approximate surface area is 150 Å². The van der Waals surface area contributed by atoms with Crippen molar-refractivity contribution in [3.63, 3.8) is 0 Å². The molecule has 2 heterocycles. The molecule has 0 saturated carbocycles. The zero-order valence-corrected chi connectivity index (χ0v) is 14.6. The van der Waals surface area contributed by atoms with Crippen LogP contribution in [0, 0.1) is 6.92 Å². The van der Waals surface area contributed by atoms with Crippen LogP contribution in [0.1, 0.15) is 40.7 Å². The molecule has 0 aliphatic carbocycles. The van der Waals surface area contributed by atoms with Crippen molar-refractivity contribution in [2.45, 2.75) is 25.9 Å². The Morgan fingerprint density at radius 1 is 1.36 bits per heavy atom. The van der Waals surface area contributed by atoms with Gasteiger partial charge in [0.25, 0.3) is 5.91 Å². The van der Waals surface area contributed by atoms with Crippen LogP contribution in [0.15, 0.2) is 36.4 Å². The topological polar surface area (TPSA) is 67.0 Å². The minimum atomic E-state index is -0.230. The van der Waals surface area contributed by atoms with Crippen LogP contribution in [-0.2, 0) is 4.74 Å². The van der Waals surface area contributed by atoms with Crippen LogP contribution in [-0.4, -0.2) is 22.5 Å². The first-order valence-corrected chi connectivity index (χ1v) is 8.67. The third-order valence-corrected chi connectivity index (χ3v) is 4.93. The maximum absolute atomic E-state index is 12.5.